The first-order chi connectivity index (χ1) is 10.2. The molecule has 0 N–H and O–H groups in total. The fourth-order valence-corrected chi connectivity index (χ4v) is 1.91. The summed E-state index contributed by atoms with van der Waals surface area (Å²) < 4.78 is 0. The highest BCUT2D eigenvalue weighted by molar-refractivity contribution is 5.44. The molecule has 1 atom stereocenters. The lowest BCUT2D eigenvalue weighted by Crippen LogP contribution is -1.90. The Balaban J connectivity index is 0.00000106. The molecule has 0 amide bonds. The smallest absolute Gasteiger partial charge is 0.0249 e. The predicted molar refractivity (Wildman–Crippen MR) is 93.6 cm³/mol. The number of benzene rings is 2. The van der Waals surface area contributed by atoms with Crippen molar-refractivity contribution in [2.45, 2.75) is 33.1 Å². The van der Waals surface area contributed by atoms with Crippen LogP contribution in [0, 0.1) is 18.8 Å². The van der Waals surface area contributed by atoms with Crippen LogP contribution in [0.3, 0.4) is 0 Å². The van der Waals surface area contributed by atoms with Crippen LogP contribution >= 0.6 is 0 Å². The van der Waals surface area contributed by atoms with E-state index in [4.69, 9.17) is 0 Å². The van der Waals surface area contributed by atoms with Crippen LogP contribution in [0.2, 0.25) is 0 Å². The van der Waals surface area contributed by atoms with Crippen LogP contribution in [0.4, 0.5) is 0 Å². The van der Waals surface area contributed by atoms with Gasteiger partial charge in [-0.05, 0) is 49.1 Å². The van der Waals surface area contributed by atoms with Crippen molar-refractivity contribution in [1.82, 2.24) is 0 Å². The minimum absolute atomic E-state index is 0.624. The Morgan fingerprint density at radius 1 is 0.857 bits per heavy atom. The molecule has 0 aliphatic rings. The molecule has 2 rings (SSSR count). The molecule has 1 unspecified atom stereocenters. The highest BCUT2D eigenvalue weighted by Crippen LogP contribution is 2.18. The van der Waals surface area contributed by atoms with Crippen molar-refractivity contribution in [2.24, 2.45) is 0 Å². The van der Waals surface area contributed by atoms with Gasteiger partial charge in [0.05, 0.1) is 0 Å². The average molecular weight is 276 g/mol. The van der Waals surface area contributed by atoms with Crippen molar-refractivity contribution < 1.29 is 0 Å². The first-order valence-corrected chi connectivity index (χ1v) is 7.37. The summed E-state index contributed by atoms with van der Waals surface area (Å²) in [6, 6.07) is 16.9. The predicted octanol–water partition coefficient (Wildman–Crippen LogP) is 5.71. The molecule has 2 aromatic rings. The summed E-state index contributed by atoms with van der Waals surface area (Å²) in [5.74, 6) is 7.04. The fraction of sp³-hybridized carbons (Fsp3) is 0.238. The fourth-order valence-electron chi connectivity index (χ4n) is 1.91. The van der Waals surface area contributed by atoms with Crippen molar-refractivity contribution in [3.05, 3.63) is 83.9 Å². The van der Waals surface area contributed by atoms with Gasteiger partial charge in [-0.3, -0.25) is 0 Å². The molecule has 108 valence electrons. The van der Waals surface area contributed by atoms with Crippen LogP contribution in [-0.2, 0) is 0 Å². The van der Waals surface area contributed by atoms with Crippen LogP contribution in [0.5, 0.6) is 0 Å². The van der Waals surface area contributed by atoms with E-state index in [1.807, 2.05) is 0 Å². The number of rotatable bonds is 2. The molecule has 0 heterocycles. The van der Waals surface area contributed by atoms with E-state index in [0.717, 1.165) is 11.1 Å². The lowest BCUT2D eigenvalue weighted by Gasteiger charge is -2.07. The highest BCUT2D eigenvalue weighted by Gasteiger charge is 2.01. The minimum Gasteiger partial charge on any atom is -0.106 e. The van der Waals surface area contributed by atoms with E-state index in [1.165, 1.54) is 17.5 Å². The molecule has 0 saturated heterocycles. The van der Waals surface area contributed by atoms with E-state index >= 15 is 0 Å². The topological polar surface area (TPSA) is 0 Å². The molecule has 21 heavy (non-hydrogen) atoms. The molecule has 0 radical (unpaired) electrons. The lowest BCUT2D eigenvalue weighted by atomic mass is 9.98. The first kappa shape index (κ1) is 16.8. The standard InChI is InChI=1S/C19H20.C2H4/c1-4-16(3)19-13-11-18(12-14-19)10-9-17-7-5-15(2)6-8-17;1-2/h5-8,11-14,16H,4H2,1-3H3;1-2H2. The van der Waals surface area contributed by atoms with E-state index < -0.39 is 0 Å². The van der Waals surface area contributed by atoms with E-state index in [2.05, 4.69) is 94.3 Å². The van der Waals surface area contributed by atoms with Gasteiger partial charge in [0.2, 0.25) is 0 Å². The number of aryl methyl sites for hydroxylation is 1. The average Bonchev–Trinajstić information content (AvgIpc) is 2.56. The van der Waals surface area contributed by atoms with E-state index in [9.17, 15) is 0 Å². The van der Waals surface area contributed by atoms with Crippen molar-refractivity contribution in [1.29, 1.82) is 0 Å². The van der Waals surface area contributed by atoms with Crippen LogP contribution in [0.1, 0.15) is 48.4 Å². The van der Waals surface area contributed by atoms with Crippen molar-refractivity contribution >= 4 is 0 Å². The van der Waals surface area contributed by atoms with Crippen LogP contribution in [0.15, 0.2) is 61.7 Å². The van der Waals surface area contributed by atoms with Crippen LogP contribution in [0.25, 0.3) is 0 Å². The van der Waals surface area contributed by atoms with E-state index in [1.54, 1.807) is 0 Å². The van der Waals surface area contributed by atoms with E-state index in [-0.39, 0.29) is 0 Å². The molecule has 2 aromatic carbocycles. The molecule has 0 aliphatic heterocycles. The second-order valence-corrected chi connectivity index (χ2v) is 5.05. The maximum Gasteiger partial charge on any atom is 0.0249 e. The maximum absolute atomic E-state index is 3.21. The van der Waals surface area contributed by atoms with Gasteiger partial charge in [-0.25, -0.2) is 0 Å². The summed E-state index contributed by atoms with van der Waals surface area (Å²) in [7, 11) is 0. The maximum atomic E-state index is 3.21. The molecule has 0 heteroatoms. The van der Waals surface area contributed by atoms with Crippen molar-refractivity contribution in [2.75, 3.05) is 0 Å². The van der Waals surface area contributed by atoms with Crippen LogP contribution < -0.4 is 0 Å². The molecule has 0 aromatic heterocycles. The lowest BCUT2D eigenvalue weighted by molar-refractivity contribution is 0.733. The molecule has 0 nitrogen and oxygen atoms in total. The summed E-state index contributed by atoms with van der Waals surface area (Å²) in [6.45, 7) is 12.6. The largest absolute Gasteiger partial charge is 0.106 e. The Bertz CT molecular complexity index is 591. The van der Waals surface area contributed by atoms with Gasteiger partial charge in [0, 0.05) is 11.1 Å². The highest BCUT2D eigenvalue weighted by atomic mass is 14.1. The third-order valence-electron chi connectivity index (χ3n) is 3.49. The Labute approximate surface area is 129 Å². The van der Waals surface area contributed by atoms with Gasteiger partial charge < -0.3 is 0 Å². The first-order valence-electron chi connectivity index (χ1n) is 7.37. The Kier molecular flexibility index (Phi) is 7.05. The summed E-state index contributed by atoms with van der Waals surface area (Å²) in [6.07, 6.45) is 1.17. The zero-order valence-corrected chi connectivity index (χ0v) is 13.3. The Morgan fingerprint density at radius 2 is 1.29 bits per heavy atom. The zero-order valence-electron chi connectivity index (χ0n) is 13.3. The van der Waals surface area contributed by atoms with E-state index in [0.29, 0.717) is 5.92 Å². The number of hydrogen-bond donors (Lipinski definition) is 0. The summed E-state index contributed by atoms with van der Waals surface area (Å²) >= 11 is 0. The Hall–Kier alpha value is -2.26. The normalized spacial score (nSPS) is 10.6. The molecular weight excluding hydrogens is 252 g/mol. The minimum atomic E-state index is 0.624. The van der Waals surface area contributed by atoms with Crippen molar-refractivity contribution in [3.63, 3.8) is 0 Å². The second-order valence-electron chi connectivity index (χ2n) is 5.05. The summed E-state index contributed by atoms with van der Waals surface area (Å²) in [5.41, 5.74) is 4.80. The van der Waals surface area contributed by atoms with Crippen molar-refractivity contribution in [3.8, 4) is 11.8 Å². The van der Waals surface area contributed by atoms with Gasteiger partial charge >= 0.3 is 0 Å². The van der Waals surface area contributed by atoms with Gasteiger partial charge in [-0.2, -0.15) is 0 Å². The molecule has 0 bridgehead atoms. The molecule has 0 spiro atoms. The molecule has 0 aliphatic carbocycles. The zero-order chi connectivity index (χ0) is 15.7. The Morgan fingerprint density at radius 3 is 1.71 bits per heavy atom. The summed E-state index contributed by atoms with van der Waals surface area (Å²) in [4.78, 5) is 0. The van der Waals surface area contributed by atoms with Gasteiger partial charge in [0.15, 0.2) is 0 Å². The SMILES string of the molecule is C=C.CCC(C)c1ccc(C#Cc2ccc(C)cc2)cc1. The van der Waals surface area contributed by atoms with Gasteiger partial charge in [-0.15, -0.1) is 13.2 Å². The van der Waals surface area contributed by atoms with Gasteiger partial charge in [0.1, 0.15) is 0 Å². The molecular formula is C21H24. The second kappa shape index (κ2) is 8.82. The quantitative estimate of drug-likeness (QED) is 0.487. The van der Waals surface area contributed by atoms with Gasteiger partial charge in [0.25, 0.3) is 0 Å². The van der Waals surface area contributed by atoms with Gasteiger partial charge in [-0.1, -0.05) is 55.5 Å². The third kappa shape index (κ3) is 5.32. The van der Waals surface area contributed by atoms with Crippen LogP contribution in [-0.4, -0.2) is 0 Å². The number of hydrogen-bond acceptors (Lipinski definition) is 0. The summed E-state index contributed by atoms with van der Waals surface area (Å²) in [5, 5.41) is 0. The molecule has 0 fully saturated rings. The monoisotopic (exact) mass is 276 g/mol. The molecule has 0 saturated carbocycles. The third-order valence-corrected chi connectivity index (χ3v) is 3.49.